The van der Waals surface area contributed by atoms with Gasteiger partial charge in [0.15, 0.2) is 11.5 Å². The summed E-state index contributed by atoms with van der Waals surface area (Å²) in [5, 5.41) is 3.38. The predicted molar refractivity (Wildman–Crippen MR) is 74.9 cm³/mol. The summed E-state index contributed by atoms with van der Waals surface area (Å²) < 4.78 is 16.1. The largest absolute Gasteiger partial charge is 0.493 e. The van der Waals surface area contributed by atoms with Crippen LogP contribution in [-0.4, -0.2) is 34.5 Å². The van der Waals surface area contributed by atoms with E-state index in [9.17, 15) is 0 Å². The molecular formula is C15H23NO3. The maximum Gasteiger partial charge on any atom is 0.161 e. The van der Waals surface area contributed by atoms with E-state index in [1.807, 2.05) is 13.1 Å². The number of hydrogen-bond donors (Lipinski definition) is 1. The first kappa shape index (κ1) is 14.2. The van der Waals surface area contributed by atoms with Crippen LogP contribution in [0.2, 0.25) is 0 Å². The van der Waals surface area contributed by atoms with E-state index in [4.69, 9.17) is 14.2 Å². The van der Waals surface area contributed by atoms with E-state index in [1.165, 1.54) is 5.56 Å². The molecule has 0 saturated carbocycles. The SMILES string of the molecule is CNC(CC1CCOC1)c1ccc(OC)c(OC)c1. The van der Waals surface area contributed by atoms with Crippen molar-refractivity contribution in [3.63, 3.8) is 0 Å². The molecule has 4 nitrogen and oxygen atoms in total. The van der Waals surface area contributed by atoms with Crippen LogP contribution in [0.4, 0.5) is 0 Å². The highest BCUT2D eigenvalue weighted by Gasteiger charge is 2.21. The highest BCUT2D eigenvalue weighted by Crippen LogP contribution is 2.33. The van der Waals surface area contributed by atoms with Crippen molar-refractivity contribution in [1.82, 2.24) is 5.32 Å². The summed E-state index contributed by atoms with van der Waals surface area (Å²) in [6.45, 7) is 1.78. The first-order chi connectivity index (χ1) is 9.28. The van der Waals surface area contributed by atoms with Crippen LogP contribution in [0.5, 0.6) is 11.5 Å². The van der Waals surface area contributed by atoms with Gasteiger partial charge in [-0.05, 0) is 43.5 Å². The Kier molecular flexibility index (Phi) is 5.05. The van der Waals surface area contributed by atoms with E-state index >= 15 is 0 Å². The molecule has 0 aliphatic carbocycles. The van der Waals surface area contributed by atoms with E-state index in [-0.39, 0.29) is 0 Å². The van der Waals surface area contributed by atoms with Gasteiger partial charge >= 0.3 is 0 Å². The van der Waals surface area contributed by atoms with Crippen LogP contribution in [0.25, 0.3) is 0 Å². The highest BCUT2D eigenvalue weighted by atomic mass is 16.5. The summed E-state index contributed by atoms with van der Waals surface area (Å²) in [5.41, 5.74) is 1.23. The Morgan fingerprint density at radius 3 is 2.68 bits per heavy atom. The van der Waals surface area contributed by atoms with Crippen LogP contribution in [0, 0.1) is 5.92 Å². The fourth-order valence-corrected chi connectivity index (χ4v) is 2.59. The zero-order valence-electron chi connectivity index (χ0n) is 11.9. The van der Waals surface area contributed by atoms with Crippen LogP contribution in [0.15, 0.2) is 18.2 Å². The molecule has 106 valence electrons. The lowest BCUT2D eigenvalue weighted by atomic mass is 9.94. The molecule has 19 heavy (non-hydrogen) atoms. The maximum atomic E-state index is 5.45. The maximum absolute atomic E-state index is 5.45. The van der Waals surface area contributed by atoms with Gasteiger partial charge in [-0.25, -0.2) is 0 Å². The van der Waals surface area contributed by atoms with Crippen molar-refractivity contribution in [2.45, 2.75) is 18.9 Å². The molecule has 1 heterocycles. The summed E-state index contributed by atoms with van der Waals surface area (Å²) in [5.74, 6) is 2.19. The lowest BCUT2D eigenvalue weighted by Crippen LogP contribution is -2.20. The van der Waals surface area contributed by atoms with Crippen LogP contribution >= 0.6 is 0 Å². The summed E-state index contributed by atoms with van der Waals surface area (Å²) in [4.78, 5) is 0. The van der Waals surface area contributed by atoms with Gasteiger partial charge in [-0.1, -0.05) is 6.07 Å². The quantitative estimate of drug-likeness (QED) is 0.857. The number of rotatable bonds is 6. The minimum absolute atomic E-state index is 0.325. The predicted octanol–water partition coefficient (Wildman–Crippen LogP) is 2.39. The molecule has 0 aromatic heterocycles. The fraction of sp³-hybridized carbons (Fsp3) is 0.600. The Bertz CT molecular complexity index is 402. The molecule has 1 aromatic rings. The van der Waals surface area contributed by atoms with Crippen molar-refractivity contribution in [1.29, 1.82) is 0 Å². The first-order valence-corrected chi connectivity index (χ1v) is 6.75. The van der Waals surface area contributed by atoms with Gasteiger partial charge in [-0.3, -0.25) is 0 Å². The molecule has 1 fully saturated rings. The van der Waals surface area contributed by atoms with Gasteiger partial charge in [-0.15, -0.1) is 0 Å². The minimum Gasteiger partial charge on any atom is -0.493 e. The molecule has 0 bridgehead atoms. The summed E-state index contributed by atoms with van der Waals surface area (Å²) in [7, 11) is 5.32. The van der Waals surface area contributed by atoms with E-state index in [0.717, 1.165) is 37.6 Å². The Labute approximate surface area is 115 Å². The van der Waals surface area contributed by atoms with Crippen molar-refractivity contribution in [3.8, 4) is 11.5 Å². The fourth-order valence-electron chi connectivity index (χ4n) is 2.59. The standard InChI is InChI=1S/C15H23NO3/c1-16-13(8-11-6-7-19-10-11)12-4-5-14(17-2)15(9-12)18-3/h4-5,9,11,13,16H,6-8,10H2,1-3H3. The molecule has 0 spiro atoms. The zero-order valence-corrected chi connectivity index (χ0v) is 11.9. The molecule has 2 atom stereocenters. The van der Waals surface area contributed by atoms with E-state index < -0.39 is 0 Å². The molecule has 2 rings (SSSR count). The normalized spacial score (nSPS) is 20.3. The second-order valence-corrected chi connectivity index (χ2v) is 4.92. The second kappa shape index (κ2) is 6.78. The molecule has 0 amide bonds. The van der Waals surface area contributed by atoms with Crippen molar-refractivity contribution >= 4 is 0 Å². The lowest BCUT2D eigenvalue weighted by Gasteiger charge is -2.21. The van der Waals surface area contributed by atoms with Gasteiger partial charge in [0.05, 0.1) is 14.2 Å². The molecular weight excluding hydrogens is 242 g/mol. The van der Waals surface area contributed by atoms with E-state index in [0.29, 0.717) is 12.0 Å². The number of hydrogen-bond acceptors (Lipinski definition) is 4. The minimum atomic E-state index is 0.325. The Hall–Kier alpha value is -1.26. The Morgan fingerprint density at radius 2 is 2.11 bits per heavy atom. The van der Waals surface area contributed by atoms with E-state index in [2.05, 4.69) is 17.4 Å². The van der Waals surface area contributed by atoms with Gasteiger partial charge in [-0.2, -0.15) is 0 Å². The van der Waals surface area contributed by atoms with Gasteiger partial charge < -0.3 is 19.5 Å². The molecule has 2 unspecified atom stereocenters. The monoisotopic (exact) mass is 265 g/mol. The van der Waals surface area contributed by atoms with E-state index in [1.54, 1.807) is 14.2 Å². The lowest BCUT2D eigenvalue weighted by molar-refractivity contribution is 0.181. The third-order valence-corrected chi connectivity index (χ3v) is 3.75. The number of nitrogens with one attached hydrogen (secondary N) is 1. The van der Waals surface area contributed by atoms with Gasteiger partial charge in [0.25, 0.3) is 0 Å². The Balaban J connectivity index is 2.12. The number of benzene rings is 1. The summed E-state index contributed by atoms with van der Waals surface area (Å²) >= 11 is 0. The van der Waals surface area contributed by atoms with Crippen LogP contribution in [0.1, 0.15) is 24.4 Å². The van der Waals surface area contributed by atoms with Gasteiger partial charge in [0.2, 0.25) is 0 Å². The summed E-state index contributed by atoms with van der Waals surface area (Å²) in [6.07, 6.45) is 2.25. The highest BCUT2D eigenvalue weighted by molar-refractivity contribution is 5.43. The molecule has 4 heteroatoms. The molecule has 1 saturated heterocycles. The second-order valence-electron chi connectivity index (χ2n) is 4.92. The molecule has 1 aromatic carbocycles. The first-order valence-electron chi connectivity index (χ1n) is 6.75. The molecule has 1 N–H and O–H groups in total. The molecule has 0 radical (unpaired) electrons. The number of methoxy groups -OCH3 is 2. The average Bonchev–Trinajstić information content (AvgIpc) is 2.97. The van der Waals surface area contributed by atoms with Crippen molar-refractivity contribution in [2.24, 2.45) is 5.92 Å². The summed E-state index contributed by atoms with van der Waals surface area (Å²) in [6, 6.07) is 6.43. The van der Waals surface area contributed by atoms with Crippen molar-refractivity contribution in [3.05, 3.63) is 23.8 Å². The van der Waals surface area contributed by atoms with Crippen LogP contribution in [-0.2, 0) is 4.74 Å². The van der Waals surface area contributed by atoms with Gasteiger partial charge in [0.1, 0.15) is 0 Å². The van der Waals surface area contributed by atoms with Crippen LogP contribution in [0.3, 0.4) is 0 Å². The third-order valence-electron chi connectivity index (χ3n) is 3.75. The smallest absolute Gasteiger partial charge is 0.161 e. The van der Waals surface area contributed by atoms with Gasteiger partial charge in [0, 0.05) is 19.3 Å². The average molecular weight is 265 g/mol. The van der Waals surface area contributed by atoms with Crippen LogP contribution < -0.4 is 14.8 Å². The number of ether oxygens (including phenoxy) is 3. The molecule has 1 aliphatic heterocycles. The zero-order chi connectivity index (χ0) is 13.7. The topological polar surface area (TPSA) is 39.7 Å². The third kappa shape index (κ3) is 3.39. The van der Waals surface area contributed by atoms with Crippen molar-refractivity contribution in [2.75, 3.05) is 34.5 Å². The molecule has 1 aliphatic rings. The van der Waals surface area contributed by atoms with Crippen molar-refractivity contribution < 1.29 is 14.2 Å². The Morgan fingerprint density at radius 1 is 1.32 bits per heavy atom.